The maximum Gasteiger partial charge on any atom is 0.224 e. The van der Waals surface area contributed by atoms with Crippen LogP contribution in [0.5, 0.6) is 0 Å². The van der Waals surface area contributed by atoms with Gasteiger partial charge in [-0.3, -0.25) is 4.79 Å². The Labute approximate surface area is 119 Å². The van der Waals surface area contributed by atoms with Crippen LogP contribution in [0.3, 0.4) is 0 Å². The molecule has 1 aromatic rings. The Bertz CT molecular complexity index is 424. The number of benzene rings is 1. The van der Waals surface area contributed by atoms with Crippen LogP contribution in [0, 0.1) is 0 Å². The van der Waals surface area contributed by atoms with Gasteiger partial charge < -0.3 is 15.4 Å². The van der Waals surface area contributed by atoms with Gasteiger partial charge in [-0.1, -0.05) is 18.5 Å². The highest BCUT2D eigenvalue weighted by Gasteiger charge is 2.07. The van der Waals surface area contributed by atoms with Crippen molar-refractivity contribution in [1.29, 1.82) is 0 Å². The highest BCUT2D eigenvalue weighted by molar-refractivity contribution is 6.33. The van der Waals surface area contributed by atoms with Crippen LogP contribution in [0.1, 0.15) is 26.7 Å². The topological polar surface area (TPSA) is 50.4 Å². The first kappa shape index (κ1) is 15.8. The minimum absolute atomic E-state index is 0.0132. The van der Waals surface area contributed by atoms with Crippen molar-refractivity contribution >= 4 is 28.9 Å². The molecule has 0 spiro atoms. The van der Waals surface area contributed by atoms with E-state index in [1.165, 1.54) is 0 Å². The number of amides is 1. The fourth-order valence-corrected chi connectivity index (χ4v) is 1.77. The van der Waals surface area contributed by atoms with Crippen molar-refractivity contribution in [2.45, 2.75) is 32.7 Å². The standard InChI is InChI=1S/C14H21ClN2O2/c1-4-14(18)17-11-5-6-12(15)13(9-11)16-10(2)7-8-19-3/h5-6,9-10,16H,4,7-8H2,1-3H3,(H,17,18). The van der Waals surface area contributed by atoms with Crippen LogP contribution in [0.25, 0.3) is 0 Å². The molecule has 1 atom stereocenters. The van der Waals surface area contributed by atoms with Crippen molar-refractivity contribution in [1.82, 2.24) is 0 Å². The van der Waals surface area contributed by atoms with Crippen molar-refractivity contribution in [3.63, 3.8) is 0 Å². The largest absolute Gasteiger partial charge is 0.385 e. The minimum atomic E-state index is -0.0132. The molecular weight excluding hydrogens is 264 g/mol. The Hall–Kier alpha value is -1.26. The second kappa shape index (κ2) is 8.02. The number of halogens is 1. The molecule has 0 aromatic heterocycles. The number of carbonyl (C=O) groups excluding carboxylic acids is 1. The molecule has 1 unspecified atom stereocenters. The molecule has 0 fully saturated rings. The van der Waals surface area contributed by atoms with Gasteiger partial charge >= 0.3 is 0 Å². The van der Waals surface area contributed by atoms with Gasteiger partial charge in [-0.15, -0.1) is 0 Å². The van der Waals surface area contributed by atoms with E-state index >= 15 is 0 Å². The SMILES string of the molecule is CCC(=O)Nc1ccc(Cl)c(NC(C)CCOC)c1. The molecule has 0 aliphatic rings. The van der Waals surface area contributed by atoms with E-state index in [9.17, 15) is 4.79 Å². The molecule has 0 saturated heterocycles. The Morgan fingerprint density at radius 2 is 2.21 bits per heavy atom. The monoisotopic (exact) mass is 284 g/mol. The van der Waals surface area contributed by atoms with E-state index in [4.69, 9.17) is 16.3 Å². The lowest BCUT2D eigenvalue weighted by molar-refractivity contribution is -0.115. The summed E-state index contributed by atoms with van der Waals surface area (Å²) in [7, 11) is 1.68. The second-order valence-electron chi connectivity index (χ2n) is 4.42. The molecule has 0 saturated carbocycles. The summed E-state index contributed by atoms with van der Waals surface area (Å²) in [5, 5.41) is 6.76. The van der Waals surface area contributed by atoms with Crippen LogP contribution in [-0.4, -0.2) is 25.7 Å². The van der Waals surface area contributed by atoms with Crippen LogP contribution in [0.2, 0.25) is 5.02 Å². The van der Waals surface area contributed by atoms with Crippen LogP contribution in [-0.2, 0) is 9.53 Å². The summed E-state index contributed by atoms with van der Waals surface area (Å²) in [6.07, 6.45) is 1.34. The number of methoxy groups -OCH3 is 1. The van der Waals surface area contributed by atoms with Gasteiger partial charge in [0.2, 0.25) is 5.91 Å². The fraction of sp³-hybridized carbons (Fsp3) is 0.500. The molecule has 2 N–H and O–H groups in total. The summed E-state index contributed by atoms with van der Waals surface area (Å²) in [5.74, 6) is -0.0132. The van der Waals surface area contributed by atoms with Crippen molar-refractivity contribution < 1.29 is 9.53 Å². The summed E-state index contributed by atoms with van der Waals surface area (Å²) < 4.78 is 5.04. The van der Waals surface area contributed by atoms with Gasteiger partial charge in [-0.2, -0.15) is 0 Å². The van der Waals surface area contributed by atoms with Crippen LogP contribution < -0.4 is 10.6 Å². The molecule has 0 radical (unpaired) electrons. The average molecular weight is 285 g/mol. The number of hydrogen-bond acceptors (Lipinski definition) is 3. The smallest absolute Gasteiger partial charge is 0.224 e. The van der Waals surface area contributed by atoms with E-state index in [-0.39, 0.29) is 11.9 Å². The molecule has 5 heteroatoms. The number of anilines is 2. The lowest BCUT2D eigenvalue weighted by atomic mass is 10.2. The molecule has 0 bridgehead atoms. The molecular formula is C14H21ClN2O2. The van der Waals surface area contributed by atoms with Crippen molar-refractivity contribution in [3.8, 4) is 0 Å². The van der Waals surface area contributed by atoms with Crippen LogP contribution >= 0.6 is 11.6 Å². The predicted molar refractivity (Wildman–Crippen MR) is 80.0 cm³/mol. The highest BCUT2D eigenvalue weighted by atomic mass is 35.5. The molecule has 106 valence electrons. The molecule has 0 heterocycles. The third kappa shape index (κ3) is 5.49. The highest BCUT2D eigenvalue weighted by Crippen LogP contribution is 2.26. The van der Waals surface area contributed by atoms with E-state index in [1.807, 2.05) is 13.0 Å². The number of hydrogen-bond donors (Lipinski definition) is 2. The lowest BCUT2D eigenvalue weighted by Crippen LogP contribution is -2.17. The zero-order valence-electron chi connectivity index (χ0n) is 11.6. The van der Waals surface area contributed by atoms with Gasteiger partial charge in [0, 0.05) is 31.9 Å². The van der Waals surface area contributed by atoms with E-state index in [0.29, 0.717) is 18.1 Å². The van der Waals surface area contributed by atoms with Crippen molar-refractivity contribution in [3.05, 3.63) is 23.2 Å². The molecule has 4 nitrogen and oxygen atoms in total. The zero-order chi connectivity index (χ0) is 14.3. The van der Waals surface area contributed by atoms with Gasteiger partial charge in [0.05, 0.1) is 10.7 Å². The van der Waals surface area contributed by atoms with E-state index in [0.717, 1.165) is 17.8 Å². The Kier molecular flexibility index (Phi) is 6.67. The minimum Gasteiger partial charge on any atom is -0.385 e. The van der Waals surface area contributed by atoms with E-state index in [1.54, 1.807) is 19.2 Å². The molecule has 0 aliphatic heterocycles. The number of carbonyl (C=O) groups is 1. The molecule has 0 aliphatic carbocycles. The first-order chi connectivity index (χ1) is 9.06. The van der Waals surface area contributed by atoms with E-state index in [2.05, 4.69) is 17.6 Å². The zero-order valence-corrected chi connectivity index (χ0v) is 12.4. The van der Waals surface area contributed by atoms with Gasteiger partial charge in [0.1, 0.15) is 0 Å². The molecule has 1 rings (SSSR count). The van der Waals surface area contributed by atoms with Crippen molar-refractivity contribution in [2.24, 2.45) is 0 Å². The van der Waals surface area contributed by atoms with Crippen LogP contribution in [0.4, 0.5) is 11.4 Å². The summed E-state index contributed by atoms with van der Waals surface area (Å²) in [6.45, 7) is 4.57. The third-order valence-electron chi connectivity index (χ3n) is 2.73. The Balaban J connectivity index is 2.71. The third-order valence-corrected chi connectivity index (χ3v) is 3.06. The van der Waals surface area contributed by atoms with Crippen molar-refractivity contribution in [2.75, 3.05) is 24.4 Å². The Morgan fingerprint density at radius 1 is 1.47 bits per heavy atom. The van der Waals surface area contributed by atoms with Gasteiger partial charge in [0.25, 0.3) is 0 Å². The normalized spacial score (nSPS) is 12.0. The maximum absolute atomic E-state index is 11.4. The summed E-state index contributed by atoms with van der Waals surface area (Å²) in [6, 6.07) is 5.66. The Morgan fingerprint density at radius 3 is 2.84 bits per heavy atom. The average Bonchev–Trinajstić information content (AvgIpc) is 2.40. The van der Waals surface area contributed by atoms with Gasteiger partial charge in [-0.05, 0) is 31.5 Å². The lowest BCUT2D eigenvalue weighted by Gasteiger charge is -2.17. The quantitative estimate of drug-likeness (QED) is 0.805. The number of nitrogens with one attached hydrogen (secondary N) is 2. The molecule has 1 amide bonds. The second-order valence-corrected chi connectivity index (χ2v) is 4.83. The first-order valence-corrected chi connectivity index (χ1v) is 6.79. The van der Waals surface area contributed by atoms with Gasteiger partial charge in [0.15, 0.2) is 0 Å². The van der Waals surface area contributed by atoms with Crippen LogP contribution in [0.15, 0.2) is 18.2 Å². The fourth-order valence-electron chi connectivity index (χ4n) is 1.60. The number of ether oxygens (including phenoxy) is 1. The first-order valence-electron chi connectivity index (χ1n) is 6.41. The predicted octanol–water partition coefficient (Wildman–Crippen LogP) is 3.53. The summed E-state index contributed by atoms with van der Waals surface area (Å²) in [5.41, 5.74) is 1.57. The molecule has 19 heavy (non-hydrogen) atoms. The maximum atomic E-state index is 11.4. The molecule has 1 aromatic carbocycles. The number of rotatable bonds is 7. The van der Waals surface area contributed by atoms with E-state index < -0.39 is 0 Å². The summed E-state index contributed by atoms with van der Waals surface area (Å²) >= 11 is 6.14. The summed E-state index contributed by atoms with van der Waals surface area (Å²) in [4.78, 5) is 11.4. The van der Waals surface area contributed by atoms with Gasteiger partial charge in [-0.25, -0.2) is 0 Å².